The molecular weight excluding hydrogens is 434 g/mol. The van der Waals surface area contributed by atoms with Gasteiger partial charge in [-0.3, -0.25) is 4.79 Å². The lowest BCUT2D eigenvalue weighted by atomic mass is 10.1. The topological polar surface area (TPSA) is 70.9 Å². The second kappa shape index (κ2) is 9.36. The highest BCUT2D eigenvalue weighted by Crippen LogP contribution is 2.21. The number of hydrogen-bond donors (Lipinski definition) is 2. The van der Waals surface area contributed by atoms with Crippen molar-refractivity contribution >= 4 is 38.3 Å². The highest BCUT2D eigenvalue weighted by atomic mass is 35.5. The standard InChI is InChI=1S/C23H24ClN3O3S/c24-21-8-5-18(6-9-21)16-25-23(28)17-26-11-13-27(14-12-26)31(29,30)22-10-7-19-3-1-2-4-20(19)15-22/h1-10,15H,11-14,16-17H2,(H,25,28)/p+1. The van der Waals surface area contributed by atoms with Gasteiger partial charge in [-0.25, -0.2) is 8.42 Å². The van der Waals surface area contributed by atoms with Crippen LogP contribution in [-0.4, -0.2) is 51.4 Å². The summed E-state index contributed by atoms with van der Waals surface area (Å²) in [4.78, 5) is 13.7. The maximum absolute atomic E-state index is 13.1. The molecule has 31 heavy (non-hydrogen) atoms. The zero-order valence-electron chi connectivity index (χ0n) is 17.1. The summed E-state index contributed by atoms with van der Waals surface area (Å²) in [6.07, 6.45) is 0. The first-order chi connectivity index (χ1) is 14.9. The van der Waals surface area contributed by atoms with E-state index in [1.807, 2.05) is 42.5 Å². The Morgan fingerprint density at radius 1 is 0.968 bits per heavy atom. The van der Waals surface area contributed by atoms with Crippen LogP contribution in [0.25, 0.3) is 10.8 Å². The normalized spacial score (nSPS) is 15.8. The molecular formula is C23H25ClN3O3S+. The number of halogens is 1. The zero-order chi connectivity index (χ0) is 21.8. The van der Waals surface area contributed by atoms with Crippen molar-refractivity contribution in [1.29, 1.82) is 0 Å². The van der Waals surface area contributed by atoms with Crippen LogP contribution in [0.3, 0.4) is 0 Å². The molecule has 1 aliphatic heterocycles. The number of hydrogen-bond acceptors (Lipinski definition) is 3. The molecule has 1 amide bonds. The van der Waals surface area contributed by atoms with Crippen LogP contribution in [0.4, 0.5) is 0 Å². The van der Waals surface area contributed by atoms with Crippen LogP contribution in [0.5, 0.6) is 0 Å². The highest BCUT2D eigenvalue weighted by Gasteiger charge is 2.31. The SMILES string of the molecule is O=C(C[NH+]1CCN(S(=O)(=O)c2ccc3ccccc3c2)CC1)NCc1ccc(Cl)cc1. The van der Waals surface area contributed by atoms with Gasteiger partial charge >= 0.3 is 0 Å². The van der Waals surface area contributed by atoms with Crippen LogP contribution in [0.2, 0.25) is 5.02 Å². The first kappa shape index (κ1) is 21.8. The molecule has 0 radical (unpaired) electrons. The largest absolute Gasteiger partial charge is 0.347 e. The quantitative estimate of drug-likeness (QED) is 0.590. The molecule has 3 aromatic carbocycles. The predicted octanol–water partition coefficient (Wildman–Crippen LogP) is 1.70. The van der Waals surface area contributed by atoms with E-state index in [9.17, 15) is 13.2 Å². The fraction of sp³-hybridized carbons (Fsp3) is 0.261. The van der Waals surface area contributed by atoms with Crippen molar-refractivity contribution in [2.75, 3.05) is 32.7 Å². The molecule has 0 unspecified atom stereocenters. The van der Waals surface area contributed by atoms with Crippen molar-refractivity contribution in [2.24, 2.45) is 0 Å². The van der Waals surface area contributed by atoms with Gasteiger partial charge in [0.15, 0.2) is 6.54 Å². The summed E-state index contributed by atoms with van der Waals surface area (Å²) < 4.78 is 27.7. The molecule has 0 aliphatic carbocycles. The number of rotatable bonds is 6. The van der Waals surface area contributed by atoms with Gasteiger partial charge in [0, 0.05) is 11.6 Å². The van der Waals surface area contributed by atoms with Crippen molar-refractivity contribution in [3.05, 3.63) is 77.3 Å². The minimum atomic E-state index is -3.55. The molecule has 1 heterocycles. The summed E-state index contributed by atoms with van der Waals surface area (Å²) in [5, 5.41) is 5.50. The lowest BCUT2D eigenvalue weighted by Crippen LogP contribution is -3.15. The fourth-order valence-electron chi connectivity index (χ4n) is 3.79. The first-order valence-electron chi connectivity index (χ1n) is 10.3. The molecule has 0 aromatic heterocycles. The van der Waals surface area contributed by atoms with E-state index in [2.05, 4.69) is 5.32 Å². The Morgan fingerprint density at radius 2 is 1.65 bits per heavy atom. The van der Waals surface area contributed by atoms with Crippen molar-refractivity contribution in [2.45, 2.75) is 11.4 Å². The molecule has 1 aliphatic rings. The Hall–Kier alpha value is -2.45. The Kier molecular flexibility index (Phi) is 6.57. The smallest absolute Gasteiger partial charge is 0.275 e. The van der Waals surface area contributed by atoms with E-state index in [-0.39, 0.29) is 5.91 Å². The third kappa shape index (κ3) is 5.25. The van der Waals surface area contributed by atoms with Gasteiger partial charge in [0.1, 0.15) is 0 Å². The second-order valence-corrected chi connectivity index (χ2v) is 10.1. The summed E-state index contributed by atoms with van der Waals surface area (Å²) in [5.74, 6) is -0.0456. The van der Waals surface area contributed by atoms with Crippen LogP contribution in [0, 0.1) is 0 Å². The number of quaternary nitrogens is 1. The molecule has 1 saturated heterocycles. The van der Waals surface area contributed by atoms with Gasteiger partial charge in [-0.2, -0.15) is 4.31 Å². The molecule has 6 nitrogen and oxygen atoms in total. The zero-order valence-corrected chi connectivity index (χ0v) is 18.6. The number of sulfonamides is 1. The Balaban J connectivity index is 1.31. The lowest BCUT2D eigenvalue weighted by molar-refractivity contribution is -0.895. The molecule has 0 atom stereocenters. The van der Waals surface area contributed by atoms with Crippen LogP contribution < -0.4 is 10.2 Å². The number of nitrogens with one attached hydrogen (secondary N) is 2. The summed E-state index contributed by atoms with van der Waals surface area (Å²) in [6.45, 7) is 2.77. The minimum Gasteiger partial charge on any atom is -0.347 e. The third-order valence-electron chi connectivity index (χ3n) is 5.60. The highest BCUT2D eigenvalue weighted by molar-refractivity contribution is 7.89. The first-order valence-corrected chi connectivity index (χ1v) is 12.1. The summed E-state index contributed by atoms with van der Waals surface area (Å²) in [5.41, 5.74) is 0.985. The molecule has 8 heteroatoms. The van der Waals surface area contributed by atoms with E-state index in [0.29, 0.717) is 49.2 Å². The Labute approximate surface area is 187 Å². The Bertz CT molecular complexity index is 1170. The molecule has 162 valence electrons. The van der Waals surface area contributed by atoms with Crippen LogP contribution in [-0.2, 0) is 21.4 Å². The number of carbonyl (C=O) groups is 1. The molecule has 0 spiro atoms. The molecule has 0 bridgehead atoms. The van der Waals surface area contributed by atoms with Gasteiger partial charge in [-0.05, 0) is 40.6 Å². The van der Waals surface area contributed by atoms with Crippen LogP contribution in [0.15, 0.2) is 71.6 Å². The van der Waals surface area contributed by atoms with Crippen molar-refractivity contribution < 1.29 is 18.1 Å². The van der Waals surface area contributed by atoms with Gasteiger partial charge < -0.3 is 10.2 Å². The number of piperazine rings is 1. The van der Waals surface area contributed by atoms with E-state index >= 15 is 0 Å². The fourth-order valence-corrected chi connectivity index (χ4v) is 5.39. The van der Waals surface area contributed by atoms with Crippen molar-refractivity contribution in [3.63, 3.8) is 0 Å². The number of benzene rings is 3. The van der Waals surface area contributed by atoms with Gasteiger partial charge in [0.2, 0.25) is 10.0 Å². The van der Waals surface area contributed by atoms with E-state index in [4.69, 9.17) is 11.6 Å². The Morgan fingerprint density at radius 3 is 2.35 bits per heavy atom. The van der Waals surface area contributed by atoms with Crippen molar-refractivity contribution in [1.82, 2.24) is 9.62 Å². The van der Waals surface area contributed by atoms with Crippen LogP contribution in [0.1, 0.15) is 5.56 Å². The van der Waals surface area contributed by atoms with E-state index in [0.717, 1.165) is 21.2 Å². The minimum absolute atomic E-state index is 0.0456. The number of amides is 1. The third-order valence-corrected chi connectivity index (χ3v) is 7.75. The number of carbonyl (C=O) groups excluding carboxylic acids is 1. The average Bonchev–Trinajstić information content (AvgIpc) is 2.79. The maximum atomic E-state index is 13.1. The maximum Gasteiger partial charge on any atom is 0.275 e. The molecule has 0 saturated carbocycles. The summed E-state index contributed by atoms with van der Waals surface area (Å²) in [6, 6.07) is 20.3. The van der Waals surface area contributed by atoms with E-state index in [1.165, 1.54) is 4.31 Å². The molecule has 1 fully saturated rings. The van der Waals surface area contributed by atoms with Crippen LogP contribution >= 0.6 is 11.6 Å². The predicted molar refractivity (Wildman–Crippen MR) is 122 cm³/mol. The lowest BCUT2D eigenvalue weighted by Gasteiger charge is -2.31. The van der Waals surface area contributed by atoms with Gasteiger partial charge in [-0.15, -0.1) is 0 Å². The monoisotopic (exact) mass is 458 g/mol. The molecule has 2 N–H and O–H groups in total. The van der Waals surface area contributed by atoms with Gasteiger partial charge in [0.25, 0.3) is 5.91 Å². The van der Waals surface area contributed by atoms with Gasteiger partial charge in [-0.1, -0.05) is 54.1 Å². The van der Waals surface area contributed by atoms with Gasteiger partial charge in [0.05, 0.1) is 31.1 Å². The number of nitrogens with zero attached hydrogens (tertiary/aromatic N) is 1. The van der Waals surface area contributed by atoms with Crippen molar-refractivity contribution in [3.8, 4) is 0 Å². The second-order valence-electron chi connectivity index (χ2n) is 7.74. The molecule has 3 aromatic rings. The summed E-state index contributed by atoms with van der Waals surface area (Å²) >= 11 is 5.87. The molecule has 4 rings (SSSR count). The average molecular weight is 459 g/mol. The van der Waals surface area contributed by atoms with E-state index < -0.39 is 10.0 Å². The summed E-state index contributed by atoms with van der Waals surface area (Å²) in [7, 11) is -3.55. The van der Waals surface area contributed by atoms with E-state index in [1.54, 1.807) is 24.3 Å². The number of fused-ring (bicyclic) bond motifs is 1.